The van der Waals surface area contributed by atoms with Crippen LogP contribution in [0.1, 0.15) is 53.3 Å². The van der Waals surface area contributed by atoms with Gasteiger partial charge in [-0.2, -0.15) is 0 Å². The summed E-state index contributed by atoms with van der Waals surface area (Å²) in [4.78, 5) is 18.8. The van der Waals surface area contributed by atoms with Gasteiger partial charge in [-0.1, -0.05) is 30.3 Å². The molecule has 0 radical (unpaired) electrons. The highest BCUT2D eigenvalue weighted by Crippen LogP contribution is 2.30. The predicted octanol–water partition coefficient (Wildman–Crippen LogP) is 3.41. The summed E-state index contributed by atoms with van der Waals surface area (Å²) in [5.41, 5.74) is 1.25. The molecule has 0 bridgehead atoms. The number of amides is 1. The fourth-order valence-corrected chi connectivity index (χ4v) is 5.92. The first-order chi connectivity index (χ1) is 14.0. The number of ether oxygens (including phenoxy) is 1. The second-order valence-corrected chi connectivity index (χ2v) is 10.1. The molecule has 4 rings (SSSR count). The van der Waals surface area contributed by atoms with Gasteiger partial charge in [-0.3, -0.25) is 4.79 Å². The molecular weight excluding hydrogens is 388 g/mol. The van der Waals surface area contributed by atoms with Gasteiger partial charge < -0.3 is 9.64 Å². The van der Waals surface area contributed by atoms with Gasteiger partial charge in [-0.15, -0.1) is 0 Å². The quantitative estimate of drug-likeness (QED) is 0.766. The summed E-state index contributed by atoms with van der Waals surface area (Å²) in [6, 6.07) is 12.7. The lowest BCUT2D eigenvalue weighted by molar-refractivity contribution is 0.0766. The van der Waals surface area contributed by atoms with Crippen LogP contribution in [0.3, 0.4) is 0 Å². The number of pyridine rings is 1. The third kappa shape index (κ3) is 4.61. The maximum absolute atomic E-state index is 12.9. The van der Waals surface area contributed by atoms with Crippen LogP contribution in [0.4, 0.5) is 0 Å². The van der Waals surface area contributed by atoms with Crippen LogP contribution in [0.15, 0.2) is 48.7 Å². The van der Waals surface area contributed by atoms with E-state index in [2.05, 4.69) is 4.98 Å². The van der Waals surface area contributed by atoms with Crippen molar-refractivity contribution in [3.8, 4) is 5.88 Å². The third-order valence-electron chi connectivity index (χ3n) is 5.77. The van der Waals surface area contributed by atoms with E-state index in [0.717, 1.165) is 18.4 Å². The average molecular weight is 415 g/mol. The van der Waals surface area contributed by atoms with E-state index in [1.54, 1.807) is 17.0 Å². The topological polar surface area (TPSA) is 76.6 Å². The van der Waals surface area contributed by atoms with Crippen LogP contribution < -0.4 is 4.74 Å². The first-order valence-electron chi connectivity index (χ1n) is 10.2. The number of carbonyl (C=O) groups excluding carboxylic acids is 1. The molecule has 1 amide bonds. The van der Waals surface area contributed by atoms with Gasteiger partial charge in [0.15, 0.2) is 9.84 Å². The number of nitrogens with zero attached hydrogens (tertiary/aromatic N) is 2. The summed E-state index contributed by atoms with van der Waals surface area (Å²) in [6.07, 6.45) is 6.61. The van der Waals surface area contributed by atoms with Crippen LogP contribution >= 0.6 is 0 Å². The SMILES string of the molecule is O=C(c1ccc(OC2CCCC2)nc1)N1CCC(c2ccccc2)S(=O)(=O)CC1. The molecular formula is C22H26N2O4S. The minimum absolute atomic E-state index is 0.0331. The van der Waals surface area contributed by atoms with Crippen LogP contribution in [-0.2, 0) is 9.84 Å². The van der Waals surface area contributed by atoms with E-state index in [0.29, 0.717) is 24.4 Å². The first kappa shape index (κ1) is 19.9. The van der Waals surface area contributed by atoms with Gasteiger partial charge in [0.2, 0.25) is 5.88 Å². The molecule has 154 valence electrons. The minimum Gasteiger partial charge on any atom is -0.474 e. The first-order valence-corrected chi connectivity index (χ1v) is 11.9. The molecule has 2 aromatic rings. The highest BCUT2D eigenvalue weighted by molar-refractivity contribution is 7.91. The Morgan fingerprint density at radius 2 is 1.76 bits per heavy atom. The van der Waals surface area contributed by atoms with Crippen LogP contribution in [0, 0.1) is 0 Å². The van der Waals surface area contributed by atoms with E-state index >= 15 is 0 Å². The van der Waals surface area contributed by atoms with E-state index in [9.17, 15) is 13.2 Å². The maximum Gasteiger partial charge on any atom is 0.255 e. The predicted molar refractivity (Wildman–Crippen MR) is 111 cm³/mol. The molecule has 1 aliphatic heterocycles. The smallest absolute Gasteiger partial charge is 0.255 e. The van der Waals surface area contributed by atoms with Crippen molar-refractivity contribution in [2.75, 3.05) is 18.8 Å². The second kappa shape index (κ2) is 8.53. The van der Waals surface area contributed by atoms with E-state index in [-0.39, 0.29) is 24.3 Å². The number of sulfone groups is 1. The van der Waals surface area contributed by atoms with E-state index < -0.39 is 15.1 Å². The van der Waals surface area contributed by atoms with Crippen LogP contribution in [0.2, 0.25) is 0 Å². The zero-order chi connectivity index (χ0) is 20.3. The van der Waals surface area contributed by atoms with Gasteiger partial charge in [-0.05, 0) is 43.7 Å². The lowest BCUT2D eigenvalue weighted by Gasteiger charge is -2.20. The number of carbonyl (C=O) groups is 1. The van der Waals surface area contributed by atoms with Gasteiger partial charge in [-0.25, -0.2) is 13.4 Å². The zero-order valence-corrected chi connectivity index (χ0v) is 17.2. The fraction of sp³-hybridized carbons (Fsp3) is 0.455. The number of hydrogen-bond acceptors (Lipinski definition) is 5. The van der Waals surface area contributed by atoms with E-state index in [4.69, 9.17) is 4.74 Å². The van der Waals surface area contributed by atoms with Crippen LogP contribution in [0.25, 0.3) is 0 Å². The Labute approximate surface area is 171 Å². The Kier molecular flexibility index (Phi) is 5.85. The molecule has 2 fully saturated rings. The molecule has 1 saturated carbocycles. The highest BCUT2D eigenvalue weighted by Gasteiger charge is 2.32. The monoisotopic (exact) mass is 414 g/mol. The molecule has 29 heavy (non-hydrogen) atoms. The number of aromatic nitrogens is 1. The van der Waals surface area contributed by atoms with Crippen molar-refractivity contribution in [2.45, 2.75) is 43.5 Å². The number of hydrogen-bond donors (Lipinski definition) is 0. The van der Waals surface area contributed by atoms with Crippen molar-refractivity contribution in [3.05, 3.63) is 59.8 Å². The summed E-state index contributed by atoms with van der Waals surface area (Å²) < 4.78 is 31.3. The molecule has 0 spiro atoms. The van der Waals surface area contributed by atoms with Crippen molar-refractivity contribution in [1.82, 2.24) is 9.88 Å². The molecule has 1 aromatic carbocycles. The third-order valence-corrected chi connectivity index (χ3v) is 7.90. The molecule has 0 N–H and O–H groups in total. The van der Waals surface area contributed by atoms with Gasteiger partial charge in [0, 0.05) is 25.4 Å². The minimum atomic E-state index is -3.31. The molecule has 7 heteroatoms. The van der Waals surface area contributed by atoms with Crippen molar-refractivity contribution in [3.63, 3.8) is 0 Å². The highest BCUT2D eigenvalue weighted by atomic mass is 32.2. The normalized spacial score (nSPS) is 22.2. The van der Waals surface area contributed by atoms with Crippen LogP contribution in [0.5, 0.6) is 5.88 Å². The molecule has 1 aromatic heterocycles. The number of benzene rings is 1. The van der Waals surface area contributed by atoms with Crippen molar-refractivity contribution >= 4 is 15.7 Å². The Hall–Kier alpha value is -2.41. The second-order valence-electron chi connectivity index (χ2n) is 7.76. The van der Waals surface area contributed by atoms with Crippen molar-refractivity contribution < 1.29 is 17.9 Å². The molecule has 1 saturated heterocycles. The summed E-state index contributed by atoms with van der Waals surface area (Å²) in [7, 11) is -3.31. The summed E-state index contributed by atoms with van der Waals surface area (Å²) in [6.45, 7) is 0.600. The van der Waals surface area contributed by atoms with E-state index in [1.165, 1.54) is 19.0 Å². The number of rotatable bonds is 4. The molecule has 2 aliphatic rings. The Balaban J connectivity index is 1.44. The van der Waals surface area contributed by atoms with Gasteiger partial charge in [0.25, 0.3) is 5.91 Å². The molecule has 1 aliphatic carbocycles. The molecule has 1 atom stereocenters. The summed E-state index contributed by atoms with van der Waals surface area (Å²) in [5.74, 6) is 0.319. The average Bonchev–Trinajstić information content (AvgIpc) is 3.18. The Bertz CT molecular complexity index is 939. The lowest BCUT2D eigenvalue weighted by atomic mass is 10.1. The van der Waals surface area contributed by atoms with E-state index in [1.807, 2.05) is 30.3 Å². The Morgan fingerprint density at radius 3 is 2.45 bits per heavy atom. The van der Waals surface area contributed by atoms with Gasteiger partial charge >= 0.3 is 0 Å². The lowest BCUT2D eigenvalue weighted by Crippen LogP contribution is -2.33. The van der Waals surface area contributed by atoms with Crippen molar-refractivity contribution in [1.29, 1.82) is 0 Å². The maximum atomic E-state index is 12.9. The van der Waals surface area contributed by atoms with Gasteiger partial charge in [0.05, 0.1) is 16.6 Å². The molecule has 1 unspecified atom stereocenters. The summed E-state index contributed by atoms with van der Waals surface area (Å²) in [5, 5.41) is -0.568. The Morgan fingerprint density at radius 1 is 1.00 bits per heavy atom. The zero-order valence-electron chi connectivity index (χ0n) is 16.4. The van der Waals surface area contributed by atoms with Crippen LogP contribution in [-0.4, -0.2) is 49.2 Å². The largest absolute Gasteiger partial charge is 0.474 e. The van der Waals surface area contributed by atoms with Gasteiger partial charge in [0.1, 0.15) is 6.10 Å². The summed E-state index contributed by atoms with van der Waals surface area (Å²) >= 11 is 0. The molecule has 2 heterocycles. The van der Waals surface area contributed by atoms with Crippen molar-refractivity contribution in [2.24, 2.45) is 0 Å². The molecule has 6 nitrogen and oxygen atoms in total. The fourth-order valence-electron chi connectivity index (χ4n) is 4.12. The standard InChI is InChI=1S/C22H26N2O4S/c25-22(18-10-11-21(23-16-18)28-19-8-4-5-9-19)24-13-12-20(29(26,27)15-14-24)17-6-2-1-3-7-17/h1-3,6-7,10-11,16,19-20H,4-5,8-9,12-15H2.